The van der Waals surface area contributed by atoms with E-state index >= 15 is 0 Å². The molecular formula is C14H18N6. The second-order valence-electron chi connectivity index (χ2n) is 4.92. The van der Waals surface area contributed by atoms with Crippen LogP contribution in [0.3, 0.4) is 0 Å². The molecule has 20 heavy (non-hydrogen) atoms. The molecule has 0 aromatic carbocycles. The van der Waals surface area contributed by atoms with Crippen LogP contribution in [0.5, 0.6) is 0 Å². The van der Waals surface area contributed by atoms with Gasteiger partial charge in [-0.15, -0.1) is 0 Å². The summed E-state index contributed by atoms with van der Waals surface area (Å²) in [5.41, 5.74) is 1.11. The highest BCUT2D eigenvalue weighted by Gasteiger charge is 2.13. The first kappa shape index (κ1) is 12.7. The number of hydrogen-bond acceptors (Lipinski definition) is 5. The maximum absolute atomic E-state index is 4.46. The zero-order valence-corrected chi connectivity index (χ0v) is 11.7. The van der Waals surface area contributed by atoms with Crippen LogP contribution in [0.25, 0.3) is 5.82 Å². The highest BCUT2D eigenvalue weighted by Crippen LogP contribution is 2.13. The molecule has 0 saturated heterocycles. The zero-order chi connectivity index (χ0) is 13.9. The lowest BCUT2D eigenvalue weighted by molar-refractivity contribution is 0.712. The summed E-state index contributed by atoms with van der Waals surface area (Å²) < 4.78 is 1.99. The van der Waals surface area contributed by atoms with Crippen LogP contribution in [0.1, 0.15) is 18.3 Å². The molecule has 2 aromatic rings. The normalized spacial score (nSPS) is 17.7. The molecule has 0 fully saturated rings. The van der Waals surface area contributed by atoms with Gasteiger partial charge >= 0.3 is 0 Å². The molecule has 0 amide bonds. The largest absolute Gasteiger partial charge is 0.352 e. The van der Waals surface area contributed by atoms with E-state index in [-0.39, 0.29) is 0 Å². The summed E-state index contributed by atoms with van der Waals surface area (Å²) in [6, 6.07) is 4.41. The van der Waals surface area contributed by atoms with Gasteiger partial charge in [-0.05, 0) is 19.9 Å². The minimum absolute atomic E-state index is 0.404. The lowest BCUT2D eigenvalue weighted by atomic mass is 10.2. The molecule has 1 aliphatic heterocycles. The molecule has 6 nitrogen and oxygen atoms in total. The molecule has 3 heterocycles. The van der Waals surface area contributed by atoms with Gasteiger partial charge in [0.15, 0.2) is 5.96 Å². The summed E-state index contributed by atoms with van der Waals surface area (Å²) in [4.78, 5) is 13.1. The van der Waals surface area contributed by atoms with Crippen molar-refractivity contribution in [3.05, 3.63) is 42.1 Å². The van der Waals surface area contributed by atoms with Gasteiger partial charge < -0.3 is 10.6 Å². The van der Waals surface area contributed by atoms with Gasteiger partial charge in [0.25, 0.3) is 0 Å². The highest BCUT2D eigenvalue weighted by molar-refractivity contribution is 5.81. The second-order valence-corrected chi connectivity index (χ2v) is 4.92. The SMILES string of the molecule is Cc1nccn1-c1ncccc1CNC1=NCC(C)N1. The molecule has 3 rings (SSSR count). The van der Waals surface area contributed by atoms with Gasteiger partial charge in [0.1, 0.15) is 11.6 Å². The van der Waals surface area contributed by atoms with Crippen molar-refractivity contribution in [2.24, 2.45) is 4.99 Å². The third-order valence-corrected chi connectivity index (χ3v) is 3.27. The number of aromatic nitrogens is 3. The van der Waals surface area contributed by atoms with Crippen molar-refractivity contribution in [3.63, 3.8) is 0 Å². The number of aryl methyl sites for hydroxylation is 1. The van der Waals surface area contributed by atoms with Crippen molar-refractivity contribution >= 4 is 5.96 Å². The predicted octanol–water partition coefficient (Wildman–Crippen LogP) is 1.01. The number of nitrogens with zero attached hydrogens (tertiary/aromatic N) is 4. The molecule has 1 atom stereocenters. The number of hydrogen-bond donors (Lipinski definition) is 2. The molecule has 104 valence electrons. The van der Waals surface area contributed by atoms with Crippen molar-refractivity contribution in [2.45, 2.75) is 26.4 Å². The molecule has 0 radical (unpaired) electrons. The van der Waals surface area contributed by atoms with E-state index in [4.69, 9.17) is 0 Å². The Hall–Kier alpha value is -2.37. The number of guanidine groups is 1. The van der Waals surface area contributed by atoms with Gasteiger partial charge in [0, 0.05) is 36.7 Å². The van der Waals surface area contributed by atoms with Gasteiger partial charge in [0.05, 0.1) is 6.54 Å². The van der Waals surface area contributed by atoms with Gasteiger partial charge in [-0.3, -0.25) is 9.56 Å². The Morgan fingerprint density at radius 2 is 2.30 bits per heavy atom. The van der Waals surface area contributed by atoms with Crippen molar-refractivity contribution < 1.29 is 0 Å². The highest BCUT2D eigenvalue weighted by atomic mass is 15.2. The lowest BCUT2D eigenvalue weighted by Gasteiger charge is -2.12. The van der Waals surface area contributed by atoms with Crippen LogP contribution in [0, 0.1) is 6.92 Å². The predicted molar refractivity (Wildman–Crippen MR) is 77.8 cm³/mol. The Balaban J connectivity index is 1.79. The molecule has 0 saturated carbocycles. The third-order valence-electron chi connectivity index (χ3n) is 3.27. The second kappa shape index (κ2) is 5.32. The quantitative estimate of drug-likeness (QED) is 0.873. The smallest absolute Gasteiger partial charge is 0.191 e. The number of rotatable bonds is 3. The molecule has 2 aromatic heterocycles. The average molecular weight is 270 g/mol. The van der Waals surface area contributed by atoms with Crippen LogP contribution in [-0.4, -0.2) is 33.1 Å². The van der Waals surface area contributed by atoms with Crippen LogP contribution < -0.4 is 10.6 Å². The van der Waals surface area contributed by atoms with Crippen molar-refractivity contribution in [3.8, 4) is 5.82 Å². The monoisotopic (exact) mass is 270 g/mol. The van der Waals surface area contributed by atoms with E-state index in [1.54, 1.807) is 12.4 Å². The molecule has 0 spiro atoms. The maximum Gasteiger partial charge on any atom is 0.191 e. The molecule has 0 aliphatic carbocycles. The fourth-order valence-corrected chi connectivity index (χ4v) is 2.23. The van der Waals surface area contributed by atoms with Crippen LogP contribution in [0.15, 0.2) is 35.7 Å². The maximum atomic E-state index is 4.46. The fraction of sp³-hybridized carbons (Fsp3) is 0.357. The number of pyridine rings is 1. The minimum atomic E-state index is 0.404. The Labute approximate surface area is 118 Å². The van der Waals surface area contributed by atoms with Crippen LogP contribution in [0.4, 0.5) is 0 Å². The minimum Gasteiger partial charge on any atom is -0.352 e. The summed E-state index contributed by atoms with van der Waals surface area (Å²) in [5, 5.41) is 6.60. The molecular weight excluding hydrogens is 252 g/mol. The van der Waals surface area contributed by atoms with Gasteiger partial charge in [-0.2, -0.15) is 0 Å². The van der Waals surface area contributed by atoms with Crippen LogP contribution in [-0.2, 0) is 6.54 Å². The van der Waals surface area contributed by atoms with Crippen LogP contribution >= 0.6 is 0 Å². The Morgan fingerprint density at radius 1 is 1.40 bits per heavy atom. The van der Waals surface area contributed by atoms with E-state index in [0.29, 0.717) is 12.6 Å². The molecule has 1 aliphatic rings. The first-order valence-electron chi connectivity index (χ1n) is 6.73. The zero-order valence-electron chi connectivity index (χ0n) is 11.7. The van der Waals surface area contributed by atoms with Gasteiger partial charge in [0.2, 0.25) is 0 Å². The average Bonchev–Trinajstić information content (AvgIpc) is 3.05. The molecule has 1 unspecified atom stereocenters. The van der Waals surface area contributed by atoms with Crippen LogP contribution in [0.2, 0.25) is 0 Å². The standard InChI is InChI=1S/C14H18N6/c1-10-8-17-14(19-10)18-9-12-4-3-5-16-13(12)20-7-6-15-11(20)2/h3-7,10H,8-9H2,1-2H3,(H2,17,18,19). The van der Waals surface area contributed by atoms with E-state index in [2.05, 4.69) is 38.6 Å². The third kappa shape index (κ3) is 2.49. The number of nitrogens with one attached hydrogen (secondary N) is 2. The van der Waals surface area contributed by atoms with Crippen molar-refractivity contribution in [1.29, 1.82) is 0 Å². The molecule has 6 heteroatoms. The van der Waals surface area contributed by atoms with E-state index < -0.39 is 0 Å². The summed E-state index contributed by atoms with van der Waals surface area (Å²) in [6.45, 7) is 5.58. The molecule has 0 bridgehead atoms. The van der Waals surface area contributed by atoms with Gasteiger partial charge in [-0.1, -0.05) is 6.07 Å². The van der Waals surface area contributed by atoms with E-state index in [0.717, 1.165) is 29.7 Å². The fourth-order valence-electron chi connectivity index (χ4n) is 2.23. The van der Waals surface area contributed by atoms with E-state index in [1.165, 1.54) is 0 Å². The summed E-state index contributed by atoms with van der Waals surface area (Å²) in [5.74, 6) is 2.69. The van der Waals surface area contributed by atoms with E-state index in [9.17, 15) is 0 Å². The Morgan fingerprint density at radius 3 is 3.00 bits per heavy atom. The summed E-state index contributed by atoms with van der Waals surface area (Å²) in [6.07, 6.45) is 5.51. The Bertz CT molecular complexity index is 630. The molecule has 2 N–H and O–H groups in total. The summed E-state index contributed by atoms with van der Waals surface area (Å²) >= 11 is 0. The van der Waals surface area contributed by atoms with E-state index in [1.807, 2.05) is 23.8 Å². The first-order chi connectivity index (χ1) is 9.74. The first-order valence-corrected chi connectivity index (χ1v) is 6.73. The Kier molecular flexibility index (Phi) is 3.37. The van der Waals surface area contributed by atoms with Crippen molar-refractivity contribution in [2.75, 3.05) is 6.54 Å². The van der Waals surface area contributed by atoms with Gasteiger partial charge in [-0.25, -0.2) is 9.97 Å². The number of aliphatic imine (C=N–C) groups is 1. The van der Waals surface area contributed by atoms with Crippen molar-refractivity contribution in [1.82, 2.24) is 25.2 Å². The summed E-state index contributed by atoms with van der Waals surface area (Å²) in [7, 11) is 0. The number of imidazole rings is 1. The topological polar surface area (TPSA) is 67.1 Å². The lowest BCUT2D eigenvalue weighted by Crippen LogP contribution is -2.37.